The molecule has 0 aromatic heterocycles. The zero-order valence-electron chi connectivity index (χ0n) is 11.3. The van der Waals surface area contributed by atoms with Crippen LogP contribution >= 0.6 is 11.8 Å². The van der Waals surface area contributed by atoms with Crippen LogP contribution in [-0.2, 0) is 5.75 Å². The van der Waals surface area contributed by atoms with Crippen molar-refractivity contribution in [1.82, 2.24) is 0 Å². The van der Waals surface area contributed by atoms with E-state index in [9.17, 15) is 0 Å². The molecule has 3 heteroatoms. The molecule has 0 aliphatic rings. The van der Waals surface area contributed by atoms with Crippen molar-refractivity contribution in [3.05, 3.63) is 53.6 Å². The Morgan fingerprint density at radius 3 is 2.47 bits per heavy atom. The summed E-state index contributed by atoms with van der Waals surface area (Å²) in [6, 6.07) is 14.4. The summed E-state index contributed by atoms with van der Waals surface area (Å²) in [4.78, 5) is 1.14. The number of nitrogen functional groups attached to an aromatic ring is 1. The number of ether oxygens (including phenoxy) is 1. The van der Waals surface area contributed by atoms with Crippen LogP contribution in [0.25, 0.3) is 0 Å². The second kappa shape index (κ2) is 6.53. The molecule has 0 bridgehead atoms. The van der Waals surface area contributed by atoms with Gasteiger partial charge < -0.3 is 10.5 Å². The number of nitrogens with two attached hydrogens (primary N) is 1. The van der Waals surface area contributed by atoms with Crippen LogP contribution < -0.4 is 10.5 Å². The molecule has 19 heavy (non-hydrogen) atoms. The van der Waals surface area contributed by atoms with Crippen molar-refractivity contribution in [2.75, 3.05) is 12.3 Å². The quantitative estimate of drug-likeness (QED) is 0.652. The van der Waals surface area contributed by atoms with Gasteiger partial charge in [0, 0.05) is 16.3 Å². The zero-order valence-corrected chi connectivity index (χ0v) is 12.2. The van der Waals surface area contributed by atoms with Crippen molar-refractivity contribution >= 4 is 17.4 Å². The first-order valence-corrected chi connectivity index (χ1v) is 7.38. The lowest BCUT2D eigenvalue weighted by atomic mass is 10.2. The Kier molecular flexibility index (Phi) is 4.74. The van der Waals surface area contributed by atoms with Crippen LogP contribution in [0.1, 0.15) is 18.1 Å². The fourth-order valence-corrected chi connectivity index (χ4v) is 2.71. The van der Waals surface area contributed by atoms with Crippen molar-refractivity contribution in [3.63, 3.8) is 0 Å². The predicted molar refractivity (Wildman–Crippen MR) is 82.8 cm³/mol. The summed E-state index contributed by atoms with van der Waals surface area (Å²) >= 11 is 1.76. The molecule has 0 aliphatic carbocycles. The van der Waals surface area contributed by atoms with E-state index in [0.717, 1.165) is 22.1 Å². The largest absolute Gasteiger partial charge is 0.494 e. The van der Waals surface area contributed by atoms with Gasteiger partial charge in [0.2, 0.25) is 0 Å². The number of aryl methyl sites for hydroxylation is 1. The summed E-state index contributed by atoms with van der Waals surface area (Å²) in [6.45, 7) is 4.75. The van der Waals surface area contributed by atoms with Crippen molar-refractivity contribution in [2.24, 2.45) is 0 Å². The lowest BCUT2D eigenvalue weighted by Crippen LogP contribution is -1.92. The highest BCUT2D eigenvalue weighted by atomic mass is 32.2. The minimum absolute atomic E-state index is 0.702. The minimum atomic E-state index is 0.702. The third-order valence-electron chi connectivity index (χ3n) is 2.79. The van der Waals surface area contributed by atoms with E-state index in [4.69, 9.17) is 10.5 Å². The van der Waals surface area contributed by atoms with Crippen LogP contribution in [0.4, 0.5) is 5.69 Å². The highest BCUT2D eigenvalue weighted by molar-refractivity contribution is 7.98. The van der Waals surface area contributed by atoms with Gasteiger partial charge in [-0.15, -0.1) is 11.8 Å². The molecule has 2 aromatic carbocycles. The summed E-state index contributed by atoms with van der Waals surface area (Å²) in [6.07, 6.45) is 0. The lowest BCUT2D eigenvalue weighted by molar-refractivity contribution is 0.340. The molecule has 0 fully saturated rings. The average Bonchev–Trinajstić information content (AvgIpc) is 2.40. The standard InChI is InChI=1S/C16H19NOS/c1-3-18-14-7-5-13(6-8-14)11-19-16-9-4-12(2)10-15(16)17/h4-10H,3,11,17H2,1-2H3. The van der Waals surface area contributed by atoms with Crippen molar-refractivity contribution in [2.45, 2.75) is 24.5 Å². The maximum absolute atomic E-state index is 6.01. The van der Waals surface area contributed by atoms with Gasteiger partial charge in [0.05, 0.1) is 6.61 Å². The smallest absolute Gasteiger partial charge is 0.119 e. The van der Waals surface area contributed by atoms with Gasteiger partial charge in [-0.2, -0.15) is 0 Å². The van der Waals surface area contributed by atoms with Crippen LogP contribution in [0.5, 0.6) is 5.75 Å². The third kappa shape index (κ3) is 3.93. The van der Waals surface area contributed by atoms with Crippen molar-refractivity contribution in [1.29, 1.82) is 0 Å². The van der Waals surface area contributed by atoms with Gasteiger partial charge in [-0.25, -0.2) is 0 Å². The van der Waals surface area contributed by atoms with Gasteiger partial charge in [-0.3, -0.25) is 0 Å². The van der Waals surface area contributed by atoms with Crippen LogP contribution in [0.2, 0.25) is 0 Å². The summed E-state index contributed by atoms with van der Waals surface area (Å²) in [5.41, 5.74) is 9.33. The van der Waals surface area contributed by atoms with Gasteiger partial charge in [0.25, 0.3) is 0 Å². The fraction of sp³-hybridized carbons (Fsp3) is 0.250. The Balaban J connectivity index is 1.98. The third-order valence-corrected chi connectivity index (χ3v) is 3.95. The first-order chi connectivity index (χ1) is 9.19. The number of anilines is 1. The molecule has 0 aliphatic heterocycles. The van der Waals surface area contributed by atoms with Gasteiger partial charge in [-0.1, -0.05) is 18.2 Å². The molecule has 2 rings (SSSR count). The minimum Gasteiger partial charge on any atom is -0.494 e. The Morgan fingerprint density at radius 1 is 1.11 bits per heavy atom. The first-order valence-electron chi connectivity index (χ1n) is 6.39. The molecule has 2 N–H and O–H groups in total. The summed E-state index contributed by atoms with van der Waals surface area (Å²) < 4.78 is 5.43. The molecule has 0 unspecified atom stereocenters. The van der Waals surface area contributed by atoms with Gasteiger partial charge in [0.15, 0.2) is 0 Å². The average molecular weight is 273 g/mol. The van der Waals surface area contributed by atoms with Gasteiger partial charge >= 0.3 is 0 Å². The van der Waals surface area contributed by atoms with E-state index in [-0.39, 0.29) is 0 Å². The fourth-order valence-electron chi connectivity index (χ4n) is 1.81. The number of thioether (sulfide) groups is 1. The molecule has 0 heterocycles. The SMILES string of the molecule is CCOc1ccc(CSc2ccc(C)cc2N)cc1. The normalized spacial score (nSPS) is 10.4. The van der Waals surface area contributed by atoms with Crippen molar-refractivity contribution in [3.8, 4) is 5.75 Å². The molecule has 2 aromatic rings. The highest BCUT2D eigenvalue weighted by Gasteiger charge is 2.01. The Bertz CT molecular complexity index is 537. The zero-order chi connectivity index (χ0) is 13.7. The van der Waals surface area contributed by atoms with E-state index in [1.54, 1.807) is 11.8 Å². The molecule has 2 nitrogen and oxygen atoms in total. The predicted octanol–water partition coefficient (Wildman–Crippen LogP) is 4.27. The monoisotopic (exact) mass is 273 g/mol. The Hall–Kier alpha value is -1.61. The Morgan fingerprint density at radius 2 is 1.84 bits per heavy atom. The van der Waals surface area contributed by atoms with E-state index in [2.05, 4.69) is 31.2 Å². The number of hydrogen-bond acceptors (Lipinski definition) is 3. The summed E-state index contributed by atoms with van der Waals surface area (Å²) in [5, 5.41) is 0. The maximum atomic E-state index is 6.01. The molecule has 0 saturated carbocycles. The second-order valence-electron chi connectivity index (χ2n) is 4.41. The molecule has 0 atom stereocenters. The number of benzene rings is 2. The number of hydrogen-bond donors (Lipinski definition) is 1. The van der Waals surface area contributed by atoms with E-state index in [1.165, 1.54) is 11.1 Å². The number of rotatable bonds is 5. The van der Waals surface area contributed by atoms with E-state index < -0.39 is 0 Å². The van der Waals surface area contributed by atoms with Crippen LogP contribution in [0.15, 0.2) is 47.4 Å². The summed E-state index contributed by atoms with van der Waals surface area (Å²) in [5.74, 6) is 1.84. The van der Waals surface area contributed by atoms with Gasteiger partial charge in [-0.05, 0) is 49.2 Å². The molecular formula is C16H19NOS. The van der Waals surface area contributed by atoms with Crippen molar-refractivity contribution < 1.29 is 4.74 Å². The van der Waals surface area contributed by atoms with Crippen LogP contribution in [-0.4, -0.2) is 6.61 Å². The van der Waals surface area contributed by atoms with E-state index >= 15 is 0 Å². The molecule has 0 radical (unpaired) electrons. The molecule has 0 saturated heterocycles. The highest BCUT2D eigenvalue weighted by Crippen LogP contribution is 2.29. The second-order valence-corrected chi connectivity index (χ2v) is 5.42. The molecule has 100 valence electrons. The van der Waals surface area contributed by atoms with Gasteiger partial charge in [0.1, 0.15) is 5.75 Å². The lowest BCUT2D eigenvalue weighted by Gasteiger charge is -2.07. The van der Waals surface area contributed by atoms with E-state index in [1.807, 2.05) is 25.1 Å². The Labute approximate surface area is 119 Å². The maximum Gasteiger partial charge on any atom is 0.119 e. The topological polar surface area (TPSA) is 35.2 Å². The molecule has 0 amide bonds. The molecule has 0 spiro atoms. The first kappa shape index (κ1) is 13.8. The van der Waals surface area contributed by atoms with Crippen LogP contribution in [0.3, 0.4) is 0 Å². The summed E-state index contributed by atoms with van der Waals surface area (Å²) in [7, 11) is 0. The van der Waals surface area contributed by atoms with E-state index in [0.29, 0.717) is 6.61 Å². The molecular weight excluding hydrogens is 254 g/mol. The van der Waals surface area contributed by atoms with Crippen LogP contribution in [0, 0.1) is 6.92 Å².